The molecule has 0 saturated heterocycles. The summed E-state index contributed by atoms with van der Waals surface area (Å²) in [6, 6.07) is 11.6. The van der Waals surface area contributed by atoms with Crippen LogP contribution in [-0.4, -0.2) is 21.4 Å². The summed E-state index contributed by atoms with van der Waals surface area (Å²) in [4.78, 5) is 0. The van der Waals surface area contributed by atoms with Gasteiger partial charge in [-0.25, -0.2) is 0 Å². The molecule has 1 N–H and O–H groups in total. The lowest BCUT2D eigenvalue weighted by Crippen LogP contribution is -2.37. The van der Waals surface area contributed by atoms with E-state index >= 15 is 0 Å². The third-order valence-electron chi connectivity index (χ3n) is 2.46. The highest BCUT2D eigenvalue weighted by atomic mass is 28.3. The van der Waals surface area contributed by atoms with E-state index in [4.69, 9.17) is 4.74 Å². The number of ether oxygens (including phenoxy) is 1. The maximum absolute atomic E-state index is 5.47. The van der Waals surface area contributed by atoms with Gasteiger partial charge in [-0.05, 0) is 11.6 Å². The fourth-order valence-electron chi connectivity index (χ4n) is 1.62. The maximum atomic E-state index is 5.47. The Morgan fingerprint density at radius 3 is 2.31 bits per heavy atom. The largest absolute Gasteiger partial charge is 0.367 e. The van der Waals surface area contributed by atoms with Gasteiger partial charge in [0.2, 0.25) is 0 Å². The Morgan fingerprint density at radius 2 is 1.81 bits per heavy atom. The molecule has 0 bridgehead atoms. The lowest BCUT2D eigenvalue weighted by atomic mass is 10.2. The van der Waals surface area contributed by atoms with Gasteiger partial charge in [0.25, 0.3) is 0 Å². The molecule has 0 heterocycles. The molecule has 1 atom stereocenters. The molecule has 2 nitrogen and oxygen atoms in total. The van der Waals surface area contributed by atoms with Gasteiger partial charge in [-0.3, -0.25) is 5.32 Å². The second kappa shape index (κ2) is 6.18. The lowest BCUT2D eigenvalue weighted by Gasteiger charge is -2.24. The van der Waals surface area contributed by atoms with Crippen LogP contribution in [0.1, 0.15) is 5.56 Å². The minimum atomic E-state index is -1.07. The Balaban J connectivity index is 2.40. The van der Waals surface area contributed by atoms with Gasteiger partial charge in [0.1, 0.15) is 6.23 Å². The van der Waals surface area contributed by atoms with Gasteiger partial charge < -0.3 is 4.74 Å². The molecule has 0 spiro atoms. The quantitative estimate of drug-likeness (QED) is 0.606. The molecule has 0 aliphatic heterocycles. The van der Waals surface area contributed by atoms with Crippen molar-refractivity contribution in [1.82, 2.24) is 5.32 Å². The lowest BCUT2D eigenvalue weighted by molar-refractivity contribution is 0.0867. The summed E-state index contributed by atoms with van der Waals surface area (Å²) < 4.78 is 5.47. The zero-order valence-corrected chi connectivity index (χ0v) is 11.8. The van der Waals surface area contributed by atoms with Crippen LogP contribution in [0, 0.1) is 0 Å². The second-order valence-corrected chi connectivity index (χ2v) is 10.9. The Kier molecular flexibility index (Phi) is 5.18. The van der Waals surface area contributed by atoms with Crippen LogP contribution in [0.25, 0.3) is 0 Å². The summed E-state index contributed by atoms with van der Waals surface area (Å²) in [6.07, 6.45) is 0.187. The highest BCUT2D eigenvalue weighted by Crippen LogP contribution is 2.12. The van der Waals surface area contributed by atoms with Crippen LogP contribution < -0.4 is 5.32 Å². The molecule has 0 saturated carbocycles. The van der Waals surface area contributed by atoms with E-state index in [2.05, 4.69) is 49.2 Å². The Morgan fingerprint density at radius 1 is 1.19 bits per heavy atom. The van der Waals surface area contributed by atoms with Crippen LogP contribution in [0.2, 0.25) is 25.7 Å². The first-order valence-electron chi connectivity index (χ1n) is 5.81. The molecular formula is C13H23NOSi. The number of hydrogen-bond acceptors (Lipinski definition) is 2. The fraction of sp³-hybridized carbons (Fsp3) is 0.538. The smallest absolute Gasteiger partial charge is 0.105 e. The molecule has 16 heavy (non-hydrogen) atoms. The molecule has 1 rings (SSSR count). The Hall–Kier alpha value is -0.643. The average Bonchev–Trinajstić information content (AvgIpc) is 2.24. The van der Waals surface area contributed by atoms with E-state index in [9.17, 15) is 0 Å². The van der Waals surface area contributed by atoms with E-state index in [0.717, 1.165) is 12.6 Å². The molecule has 0 aromatic heterocycles. The maximum Gasteiger partial charge on any atom is 0.105 e. The van der Waals surface area contributed by atoms with Gasteiger partial charge in [-0.2, -0.15) is 0 Å². The summed E-state index contributed by atoms with van der Waals surface area (Å²) in [6.45, 7) is 7.97. The summed E-state index contributed by atoms with van der Waals surface area (Å²) in [7, 11) is 0.714. The molecule has 0 radical (unpaired) electrons. The van der Waals surface area contributed by atoms with Crippen molar-refractivity contribution >= 4 is 8.07 Å². The highest BCUT2D eigenvalue weighted by molar-refractivity contribution is 6.76. The number of rotatable bonds is 6. The molecule has 90 valence electrons. The van der Waals surface area contributed by atoms with Crippen LogP contribution in [0.3, 0.4) is 0 Å². The zero-order chi connectivity index (χ0) is 12.0. The molecule has 0 amide bonds. The summed E-state index contributed by atoms with van der Waals surface area (Å²) in [5.74, 6) is 0. The Bertz CT molecular complexity index is 295. The number of methoxy groups -OCH3 is 1. The first-order valence-corrected chi connectivity index (χ1v) is 9.52. The van der Waals surface area contributed by atoms with Crippen molar-refractivity contribution in [2.75, 3.05) is 7.11 Å². The molecule has 0 fully saturated rings. The van der Waals surface area contributed by atoms with Gasteiger partial charge >= 0.3 is 0 Å². The Labute approximate surface area is 100 Å². The van der Waals surface area contributed by atoms with Crippen LogP contribution in [0.5, 0.6) is 0 Å². The number of benzene rings is 1. The first-order chi connectivity index (χ1) is 7.51. The third-order valence-corrected chi connectivity index (χ3v) is 4.05. The second-order valence-electron chi connectivity index (χ2n) is 5.36. The zero-order valence-electron chi connectivity index (χ0n) is 10.8. The first kappa shape index (κ1) is 13.4. The van der Waals surface area contributed by atoms with Crippen molar-refractivity contribution < 1.29 is 4.74 Å². The van der Waals surface area contributed by atoms with Gasteiger partial charge in [0, 0.05) is 21.7 Å². The topological polar surface area (TPSA) is 21.3 Å². The number of nitrogens with one attached hydrogen (secondary N) is 1. The van der Waals surface area contributed by atoms with Gasteiger partial charge in [-0.1, -0.05) is 50.0 Å². The molecule has 1 aromatic carbocycles. The van der Waals surface area contributed by atoms with Gasteiger partial charge in [-0.15, -0.1) is 0 Å². The van der Waals surface area contributed by atoms with Crippen LogP contribution >= 0.6 is 0 Å². The summed E-state index contributed by atoms with van der Waals surface area (Å²) in [5, 5.41) is 3.45. The molecule has 3 heteroatoms. The van der Waals surface area contributed by atoms with E-state index < -0.39 is 8.07 Å². The predicted molar refractivity (Wildman–Crippen MR) is 72.2 cm³/mol. The van der Waals surface area contributed by atoms with Crippen molar-refractivity contribution in [3.63, 3.8) is 0 Å². The summed E-state index contributed by atoms with van der Waals surface area (Å²) >= 11 is 0. The van der Waals surface area contributed by atoms with E-state index in [0.29, 0.717) is 0 Å². The van der Waals surface area contributed by atoms with Gasteiger partial charge in [0.15, 0.2) is 0 Å². The van der Waals surface area contributed by atoms with E-state index in [1.54, 1.807) is 7.11 Å². The normalized spacial score (nSPS) is 13.8. The monoisotopic (exact) mass is 237 g/mol. The van der Waals surface area contributed by atoms with Gasteiger partial charge in [0.05, 0.1) is 0 Å². The van der Waals surface area contributed by atoms with E-state index in [1.165, 1.54) is 5.56 Å². The fourth-order valence-corrected chi connectivity index (χ4v) is 3.05. The summed E-state index contributed by atoms with van der Waals surface area (Å²) in [5.41, 5.74) is 1.31. The van der Waals surface area contributed by atoms with Crippen molar-refractivity contribution in [1.29, 1.82) is 0 Å². The van der Waals surface area contributed by atoms with Crippen molar-refractivity contribution in [3.8, 4) is 0 Å². The van der Waals surface area contributed by atoms with Crippen LogP contribution in [-0.2, 0) is 11.3 Å². The standard InChI is InChI=1S/C13H23NOSi/c1-15-13(11-16(2,3)4)14-10-12-8-6-5-7-9-12/h5-9,13-14H,10-11H2,1-4H3. The van der Waals surface area contributed by atoms with E-state index in [1.807, 2.05) is 6.07 Å². The third kappa shape index (κ3) is 5.44. The predicted octanol–water partition coefficient (Wildman–Crippen LogP) is 3.09. The van der Waals surface area contributed by atoms with Crippen LogP contribution in [0.4, 0.5) is 0 Å². The van der Waals surface area contributed by atoms with Crippen molar-refractivity contribution in [2.45, 2.75) is 38.5 Å². The molecule has 1 aromatic rings. The molecule has 0 aliphatic rings. The minimum absolute atomic E-state index is 0.187. The van der Waals surface area contributed by atoms with Crippen molar-refractivity contribution in [3.05, 3.63) is 35.9 Å². The average molecular weight is 237 g/mol. The van der Waals surface area contributed by atoms with E-state index in [-0.39, 0.29) is 6.23 Å². The molecule has 1 unspecified atom stereocenters. The minimum Gasteiger partial charge on any atom is -0.367 e. The number of hydrogen-bond donors (Lipinski definition) is 1. The SMILES string of the molecule is COC(C[Si](C)(C)C)NCc1ccccc1. The van der Waals surface area contributed by atoms with Crippen LogP contribution in [0.15, 0.2) is 30.3 Å². The van der Waals surface area contributed by atoms with Crippen molar-refractivity contribution in [2.24, 2.45) is 0 Å². The molecule has 0 aliphatic carbocycles. The molecular weight excluding hydrogens is 214 g/mol. The highest BCUT2D eigenvalue weighted by Gasteiger charge is 2.19.